The summed E-state index contributed by atoms with van der Waals surface area (Å²) in [5.74, 6) is -1.59. The van der Waals surface area contributed by atoms with Crippen molar-refractivity contribution in [1.82, 2.24) is 20.2 Å². The minimum atomic E-state index is -1.03. The zero-order chi connectivity index (χ0) is 24.3. The van der Waals surface area contributed by atoms with Gasteiger partial charge in [0.15, 0.2) is 17.3 Å². The van der Waals surface area contributed by atoms with E-state index in [0.29, 0.717) is 19.0 Å². The van der Waals surface area contributed by atoms with Gasteiger partial charge < -0.3 is 10.6 Å². The SMILES string of the molecule is C=C(c1cccc(F)c1F)c1[nH]nc2nc(N3CCC4(CC3)Cc3ccccc3[C@H]4N)[nH]c(=O)c12. The van der Waals surface area contributed by atoms with Crippen LogP contribution in [0.1, 0.15) is 41.3 Å². The van der Waals surface area contributed by atoms with Crippen LogP contribution >= 0.6 is 0 Å². The molecule has 0 saturated carbocycles. The largest absolute Gasteiger partial charge is 0.342 e. The average molecular weight is 475 g/mol. The monoisotopic (exact) mass is 474 g/mol. The van der Waals surface area contributed by atoms with E-state index in [0.717, 1.165) is 25.3 Å². The van der Waals surface area contributed by atoms with Gasteiger partial charge in [0.2, 0.25) is 5.95 Å². The first-order valence-corrected chi connectivity index (χ1v) is 11.6. The molecule has 178 valence electrons. The number of hydrogen-bond donors (Lipinski definition) is 3. The Morgan fingerprint density at radius 2 is 1.91 bits per heavy atom. The number of rotatable bonds is 3. The van der Waals surface area contributed by atoms with Gasteiger partial charge in [-0.3, -0.25) is 14.9 Å². The van der Waals surface area contributed by atoms with Crippen LogP contribution in [0.5, 0.6) is 0 Å². The number of hydrogen-bond acceptors (Lipinski definition) is 5. The molecule has 1 spiro atoms. The first kappa shape index (κ1) is 21.7. The minimum Gasteiger partial charge on any atom is -0.342 e. The van der Waals surface area contributed by atoms with Crippen LogP contribution in [0.4, 0.5) is 14.7 Å². The summed E-state index contributed by atoms with van der Waals surface area (Å²) in [4.78, 5) is 22.5. The number of piperidine rings is 1. The fourth-order valence-electron chi connectivity index (χ4n) is 5.63. The Morgan fingerprint density at radius 3 is 2.69 bits per heavy atom. The molecule has 35 heavy (non-hydrogen) atoms. The van der Waals surface area contributed by atoms with Crippen LogP contribution in [-0.2, 0) is 6.42 Å². The van der Waals surface area contributed by atoms with E-state index in [1.54, 1.807) is 0 Å². The standard InChI is InChI=1S/C26H24F2N6O/c1-14(16-7-4-8-18(27)20(16)28)21-19-23(33-32-21)30-25(31-24(19)35)34-11-9-26(10-12-34)13-15-5-2-3-6-17(15)22(26)29/h2-8,22H,1,9-13,29H2,(H2,30,31,32,33,35)/t22-/m1/s1. The zero-order valence-corrected chi connectivity index (χ0v) is 18.9. The lowest BCUT2D eigenvalue weighted by Crippen LogP contribution is -2.45. The van der Waals surface area contributed by atoms with Crippen molar-refractivity contribution in [1.29, 1.82) is 0 Å². The Bertz CT molecular complexity index is 1530. The van der Waals surface area contributed by atoms with Crippen molar-refractivity contribution >= 4 is 22.6 Å². The maximum absolute atomic E-state index is 14.3. The van der Waals surface area contributed by atoms with Gasteiger partial charge in [0.25, 0.3) is 5.56 Å². The van der Waals surface area contributed by atoms with Gasteiger partial charge in [-0.05, 0) is 41.9 Å². The van der Waals surface area contributed by atoms with Crippen molar-refractivity contribution in [2.24, 2.45) is 11.1 Å². The van der Waals surface area contributed by atoms with Gasteiger partial charge >= 0.3 is 0 Å². The van der Waals surface area contributed by atoms with E-state index in [1.807, 2.05) is 11.0 Å². The van der Waals surface area contributed by atoms with Gasteiger partial charge in [-0.25, -0.2) is 8.78 Å². The van der Waals surface area contributed by atoms with Crippen molar-refractivity contribution in [2.75, 3.05) is 18.0 Å². The molecule has 9 heteroatoms. The number of nitrogens with one attached hydrogen (secondary N) is 2. The number of benzene rings is 2. The van der Waals surface area contributed by atoms with Crippen molar-refractivity contribution < 1.29 is 8.78 Å². The lowest BCUT2D eigenvalue weighted by molar-refractivity contribution is 0.187. The molecule has 2 aromatic heterocycles. The van der Waals surface area contributed by atoms with Gasteiger partial charge in [0, 0.05) is 30.3 Å². The summed E-state index contributed by atoms with van der Waals surface area (Å²) in [6, 6.07) is 12.2. The third kappa shape index (κ3) is 3.30. The predicted octanol–water partition coefficient (Wildman–Crippen LogP) is 3.83. The highest BCUT2D eigenvalue weighted by atomic mass is 19.2. The second-order valence-corrected chi connectivity index (χ2v) is 9.47. The van der Waals surface area contributed by atoms with Crippen LogP contribution in [0, 0.1) is 17.0 Å². The van der Waals surface area contributed by atoms with E-state index < -0.39 is 17.2 Å². The van der Waals surface area contributed by atoms with Gasteiger partial charge in [-0.15, -0.1) is 0 Å². The normalized spacial score (nSPS) is 18.8. The molecule has 3 heterocycles. The molecule has 0 amide bonds. The third-order valence-corrected chi connectivity index (χ3v) is 7.64. The molecule has 7 nitrogen and oxygen atoms in total. The van der Waals surface area contributed by atoms with Gasteiger partial charge in [-0.2, -0.15) is 10.1 Å². The smallest absolute Gasteiger partial charge is 0.264 e. The molecular formula is C26H24F2N6O. The Morgan fingerprint density at radius 1 is 1.14 bits per heavy atom. The summed E-state index contributed by atoms with van der Waals surface area (Å²) in [6.07, 6.45) is 2.72. The number of anilines is 1. The number of H-pyrrole nitrogens is 2. The highest BCUT2D eigenvalue weighted by Crippen LogP contribution is 2.50. The lowest BCUT2D eigenvalue weighted by atomic mass is 9.73. The predicted molar refractivity (Wildman–Crippen MR) is 130 cm³/mol. The van der Waals surface area contributed by atoms with Crippen LogP contribution < -0.4 is 16.2 Å². The van der Waals surface area contributed by atoms with Crippen LogP contribution in [0.3, 0.4) is 0 Å². The van der Waals surface area contributed by atoms with Crippen molar-refractivity contribution in [2.45, 2.75) is 25.3 Å². The Kier molecular flexibility index (Phi) is 4.86. The number of aromatic amines is 2. The molecule has 1 fully saturated rings. The molecule has 2 aliphatic rings. The van der Waals surface area contributed by atoms with Crippen LogP contribution in [-0.4, -0.2) is 33.3 Å². The Balaban J connectivity index is 1.27. The highest BCUT2D eigenvalue weighted by Gasteiger charge is 2.46. The Hall–Kier alpha value is -3.85. The van der Waals surface area contributed by atoms with E-state index in [2.05, 4.69) is 44.9 Å². The topological polar surface area (TPSA) is 104 Å². The van der Waals surface area contributed by atoms with Crippen LogP contribution in [0.15, 0.2) is 53.8 Å². The van der Waals surface area contributed by atoms with E-state index in [4.69, 9.17) is 5.73 Å². The second kappa shape index (κ2) is 7.84. The molecule has 1 atom stereocenters. The number of halogens is 2. The number of nitrogens with two attached hydrogens (primary N) is 1. The van der Waals surface area contributed by atoms with Crippen LogP contribution in [0.2, 0.25) is 0 Å². The van der Waals surface area contributed by atoms with E-state index >= 15 is 0 Å². The van der Waals surface area contributed by atoms with E-state index in [-0.39, 0.29) is 39.3 Å². The third-order valence-electron chi connectivity index (χ3n) is 7.64. The maximum atomic E-state index is 14.3. The molecule has 4 N–H and O–H groups in total. The highest BCUT2D eigenvalue weighted by molar-refractivity contribution is 5.92. The minimum absolute atomic E-state index is 0.00142. The zero-order valence-electron chi connectivity index (χ0n) is 18.9. The second-order valence-electron chi connectivity index (χ2n) is 9.47. The summed E-state index contributed by atoms with van der Waals surface area (Å²) in [7, 11) is 0. The molecule has 1 saturated heterocycles. The van der Waals surface area contributed by atoms with Gasteiger partial charge in [0.1, 0.15) is 5.39 Å². The van der Waals surface area contributed by atoms with Crippen LogP contribution in [0.25, 0.3) is 16.6 Å². The van der Waals surface area contributed by atoms with Gasteiger partial charge in [-0.1, -0.05) is 43.0 Å². The van der Waals surface area contributed by atoms with Crippen molar-refractivity contribution in [3.63, 3.8) is 0 Å². The summed E-state index contributed by atoms with van der Waals surface area (Å²) in [5.41, 5.74) is 9.29. The fourth-order valence-corrected chi connectivity index (χ4v) is 5.63. The number of aromatic nitrogens is 4. The summed E-state index contributed by atoms with van der Waals surface area (Å²) in [6.45, 7) is 5.26. The average Bonchev–Trinajstić information content (AvgIpc) is 3.41. The van der Waals surface area contributed by atoms with Crippen molar-refractivity contribution in [3.8, 4) is 0 Å². The fraction of sp³-hybridized carbons (Fsp3) is 0.269. The molecule has 0 bridgehead atoms. The quantitative estimate of drug-likeness (QED) is 0.419. The number of nitrogens with zero attached hydrogens (tertiary/aromatic N) is 3. The first-order valence-electron chi connectivity index (χ1n) is 11.6. The lowest BCUT2D eigenvalue weighted by Gasteiger charge is -2.42. The summed E-state index contributed by atoms with van der Waals surface area (Å²) < 4.78 is 28.0. The molecule has 4 aromatic rings. The maximum Gasteiger partial charge on any atom is 0.264 e. The van der Waals surface area contributed by atoms with E-state index in [1.165, 1.54) is 23.3 Å². The summed E-state index contributed by atoms with van der Waals surface area (Å²) >= 11 is 0. The molecule has 6 rings (SSSR count). The molecule has 2 aromatic carbocycles. The molecule has 0 unspecified atom stereocenters. The molecular weight excluding hydrogens is 450 g/mol. The van der Waals surface area contributed by atoms with Crippen molar-refractivity contribution in [3.05, 3.63) is 93.4 Å². The first-order chi connectivity index (χ1) is 16.9. The molecule has 1 aliphatic heterocycles. The molecule has 0 radical (unpaired) electrons. The molecule has 1 aliphatic carbocycles. The van der Waals surface area contributed by atoms with Gasteiger partial charge in [0.05, 0.1) is 5.69 Å². The Labute approximate surface area is 199 Å². The summed E-state index contributed by atoms with van der Waals surface area (Å²) in [5, 5.41) is 7.05. The number of fused-ring (bicyclic) bond motifs is 2. The van der Waals surface area contributed by atoms with E-state index in [9.17, 15) is 13.6 Å².